The van der Waals surface area contributed by atoms with E-state index in [0.717, 1.165) is 25.2 Å². The maximum absolute atomic E-state index is 4.53. The van der Waals surface area contributed by atoms with Crippen molar-refractivity contribution in [3.8, 4) is 0 Å². The molecule has 1 unspecified atom stereocenters. The fraction of sp³-hybridized carbons (Fsp3) is 0.381. The molecular weight excluding hydrogens is 294 g/mol. The average molecular weight is 319 g/mol. The van der Waals surface area contributed by atoms with Gasteiger partial charge in [-0.25, -0.2) is 0 Å². The summed E-state index contributed by atoms with van der Waals surface area (Å²) in [6.07, 6.45) is 4.18. The molecular formula is C21H25N3. The third kappa shape index (κ3) is 2.84. The van der Waals surface area contributed by atoms with E-state index in [2.05, 4.69) is 65.1 Å². The van der Waals surface area contributed by atoms with Crippen LogP contribution in [-0.4, -0.2) is 21.4 Å². The lowest BCUT2D eigenvalue weighted by molar-refractivity contribution is 0.150. The van der Waals surface area contributed by atoms with Crippen LogP contribution in [0.1, 0.15) is 43.3 Å². The third-order valence-electron chi connectivity index (χ3n) is 5.06. The molecule has 24 heavy (non-hydrogen) atoms. The summed E-state index contributed by atoms with van der Waals surface area (Å²) < 4.78 is 0. The Morgan fingerprint density at radius 2 is 2.00 bits per heavy atom. The van der Waals surface area contributed by atoms with E-state index in [-0.39, 0.29) is 0 Å². The normalized spacial score (nSPS) is 18.2. The lowest BCUT2D eigenvalue weighted by Crippen LogP contribution is -2.36. The van der Waals surface area contributed by atoms with Crippen LogP contribution in [0.15, 0.2) is 48.7 Å². The topological polar surface area (TPSA) is 31.9 Å². The van der Waals surface area contributed by atoms with E-state index in [1.807, 2.05) is 12.3 Å². The van der Waals surface area contributed by atoms with Crippen LogP contribution < -0.4 is 0 Å². The Labute approximate surface area is 143 Å². The van der Waals surface area contributed by atoms with Gasteiger partial charge in [0.15, 0.2) is 0 Å². The number of hydrogen-bond acceptors (Lipinski definition) is 2. The van der Waals surface area contributed by atoms with E-state index >= 15 is 0 Å². The molecule has 1 aromatic carbocycles. The molecule has 1 atom stereocenters. The summed E-state index contributed by atoms with van der Waals surface area (Å²) in [6, 6.07) is 15.4. The van der Waals surface area contributed by atoms with Crippen LogP contribution in [0.4, 0.5) is 0 Å². The molecule has 0 spiro atoms. The smallest absolute Gasteiger partial charge is 0.0544 e. The van der Waals surface area contributed by atoms with E-state index in [9.17, 15) is 0 Å². The second-order valence-electron chi connectivity index (χ2n) is 7.25. The molecule has 1 aliphatic rings. The van der Waals surface area contributed by atoms with Crippen LogP contribution in [0.3, 0.4) is 0 Å². The maximum Gasteiger partial charge on any atom is 0.0544 e. The molecule has 3 aromatic rings. The van der Waals surface area contributed by atoms with Crippen LogP contribution in [-0.2, 0) is 13.0 Å². The van der Waals surface area contributed by atoms with Crippen molar-refractivity contribution in [3.63, 3.8) is 0 Å². The molecule has 2 aromatic heterocycles. The van der Waals surface area contributed by atoms with E-state index in [0.29, 0.717) is 12.0 Å². The quantitative estimate of drug-likeness (QED) is 0.755. The first-order valence-corrected chi connectivity index (χ1v) is 8.96. The highest BCUT2D eigenvalue weighted by Crippen LogP contribution is 2.38. The molecule has 0 saturated carbocycles. The highest BCUT2D eigenvalue weighted by molar-refractivity contribution is 5.85. The number of pyridine rings is 1. The lowest BCUT2D eigenvalue weighted by atomic mass is 9.91. The Balaban J connectivity index is 1.71. The number of nitrogens with zero attached hydrogens (tertiary/aromatic N) is 2. The highest BCUT2D eigenvalue weighted by atomic mass is 15.2. The number of para-hydroxylation sites is 1. The molecule has 1 N–H and O–H groups in total. The van der Waals surface area contributed by atoms with Crippen molar-refractivity contribution in [1.29, 1.82) is 0 Å². The van der Waals surface area contributed by atoms with Gasteiger partial charge in [0, 0.05) is 35.9 Å². The van der Waals surface area contributed by atoms with Crippen molar-refractivity contribution in [2.75, 3.05) is 6.54 Å². The molecule has 0 radical (unpaired) electrons. The van der Waals surface area contributed by atoms with Gasteiger partial charge in [-0.1, -0.05) is 38.1 Å². The van der Waals surface area contributed by atoms with Crippen LogP contribution in [0.5, 0.6) is 0 Å². The van der Waals surface area contributed by atoms with Crippen molar-refractivity contribution in [2.45, 2.75) is 39.3 Å². The van der Waals surface area contributed by atoms with E-state index in [1.165, 1.54) is 28.6 Å². The molecule has 4 rings (SSSR count). The lowest BCUT2D eigenvalue weighted by Gasteiger charge is -2.36. The van der Waals surface area contributed by atoms with Crippen molar-refractivity contribution >= 4 is 10.9 Å². The Morgan fingerprint density at radius 3 is 2.79 bits per heavy atom. The van der Waals surface area contributed by atoms with Gasteiger partial charge in [-0.05, 0) is 42.5 Å². The van der Waals surface area contributed by atoms with Crippen molar-refractivity contribution in [1.82, 2.24) is 14.9 Å². The molecule has 0 aliphatic carbocycles. The van der Waals surface area contributed by atoms with Crippen molar-refractivity contribution in [2.24, 2.45) is 5.92 Å². The van der Waals surface area contributed by atoms with Crippen LogP contribution in [0.2, 0.25) is 0 Å². The van der Waals surface area contributed by atoms with Gasteiger partial charge in [0.05, 0.1) is 11.7 Å². The minimum atomic E-state index is 0.447. The first-order chi connectivity index (χ1) is 11.7. The van der Waals surface area contributed by atoms with E-state index in [4.69, 9.17) is 0 Å². The minimum absolute atomic E-state index is 0.447. The summed E-state index contributed by atoms with van der Waals surface area (Å²) >= 11 is 0. The standard InChI is InChI=1S/C21H25N3/c1-15(2)13-20-21-18(17-8-3-4-9-19(17)23-21)10-12-24(20)14-16-7-5-6-11-22-16/h3-9,11,15,20,23H,10,12-14H2,1-2H3. The first kappa shape index (κ1) is 15.4. The summed E-state index contributed by atoms with van der Waals surface area (Å²) in [5, 5.41) is 1.40. The molecule has 3 heteroatoms. The minimum Gasteiger partial charge on any atom is -0.357 e. The van der Waals surface area contributed by atoms with E-state index in [1.54, 1.807) is 0 Å². The zero-order valence-electron chi connectivity index (χ0n) is 14.5. The third-order valence-corrected chi connectivity index (χ3v) is 5.06. The van der Waals surface area contributed by atoms with Gasteiger partial charge < -0.3 is 4.98 Å². The largest absolute Gasteiger partial charge is 0.357 e. The molecule has 1 aliphatic heterocycles. The number of fused-ring (bicyclic) bond motifs is 3. The summed E-state index contributed by atoms with van der Waals surface area (Å²) in [6.45, 7) is 6.65. The zero-order chi connectivity index (χ0) is 16.5. The van der Waals surface area contributed by atoms with Gasteiger partial charge in [-0.3, -0.25) is 9.88 Å². The summed E-state index contributed by atoms with van der Waals surface area (Å²) in [5.74, 6) is 0.665. The molecule has 0 saturated heterocycles. The van der Waals surface area contributed by atoms with Gasteiger partial charge in [-0.2, -0.15) is 0 Å². The number of H-pyrrole nitrogens is 1. The molecule has 3 nitrogen and oxygen atoms in total. The number of aromatic nitrogens is 2. The zero-order valence-corrected chi connectivity index (χ0v) is 14.5. The predicted molar refractivity (Wildman–Crippen MR) is 98.8 cm³/mol. The van der Waals surface area contributed by atoms with Crippen molar-refractivity contribution < 1.29 is 0 Å². The monoisotopic (exact) mass is 319 g/mol. The summed E-state index contributed by atoms with van der Waals surface area (Å²) in [5.41, 5.74) is 5.38. The second kappa shape index (κ2) is 6.40. The van der Waals surface area contributed by atoms with E-state index < -0.39 is 0 Å². The number of benzene rings is 1. The number of hydrogen-bond donors (Lipinski definition) is 1. The summed E-state index contributed by atoms with van der Waals surface area (Å²) in [7, 11) is 0. The van der Waals surface area contributed by atoms with Crippen LogP contribution in [0, 0.1) is 5.92 Å². The second-order valence-corrected chi connectivity index (χ2v) is 7.25. The van der Waals surface area contributed by atoms with Gasteiger partial charge in [-0.15, -0.1) is 0 Å². The predicted octanol–water partition coefficient (Wildman–Crippen LogP) is 4.71. The fourth-order valence-corrected chi connectivity index (χ4v) is 3.97. The first-order valence-electron chi connectivity index (χ1n) is 8.96. The number of aromatic amines is 1. The van der Waals surface area contributed by atoms with Gasteiger partial charge in [0.2, 0.25) is 0 Å². The van der Waals surface area contributed by atoms with Crippen LogP contribution in [0.25, 0.3) is 10.9 Å². The molecule has 0 amide bonds. The highest BCUT2D eigenvalue weighted by Gasteiger charge is 2.30. The summed E-state index contributed by atoms with van der Waals surface area (Å²) in [4.78, 5) is 10.9. The Kier molecular flexibility index (Phi) is 4.11. The Bertz CT molecular complexity index is 819. The van der Waals surface area contributed by atoms with Gasteiger partial charge in [0.1, 0.15) is 0 Å². The van der Waals surface area contributed by atoms with Gasteiger partial charge >= 0.3 is 0 Å². The van der Waals surface area contributed by atoms with Gasteiger partial charge in [0.25, 0.3) is 0 Å². The molecule has 3 heterocycles. The molecule has 0 bridgehead atoms. The average Bonchev–Trinajstić information content (AvgIpc) is 2.97. The maximum atomic E-state index is 4.53. The Morgan fingerprint density at radius 1 is 1.17 bits per heavy atom. The number of nitrogens with one attached hydrogen (secondary N) is 1. The Hall–Kier alpha value is -2.13. The van der Waals surface area contributed by atoms with Crippen molar-refractivity contribution in [3.05, 3.63) is 65.6 Å². The number of rotatable bonds is 4. The SMILES string of the molecule is CC(C)CC1c2[nH]c3ccccc3c2CCN1Cc1ccccn1. The van der Waals surface area contributed by atoms with Crippen LogP contribution >= 0.6 is 0 Å². The fourth-order valence-electron chi connectivity index (χ4n) is 3.97. The molecule has 124 valence electrons. The molecule has 0 fully saturated rings.